The average Bonchev–Trinajstić information content (AvgIpc) is 3.25. The van der Waals surface area contributed by atoms with E-state index in [0.29, 0.717) is 55.2 Å². The van der Waals surface area contributed by atoms with Gasteiger partial charge in [0.25, 0.3) is 5.91 Å². The molecule has 1 aliphatic rings. The summed E-state index contributed by atoms with van der Waals surface area (Å²) >= 11 is 0. The van der Waals surface area contributed by atoms with Crippen molar-refractivity contribution in [1.82, 2.24) is 10.2 Å². The van der Waals surface area contributed by atoms with Crippen molar-refractivity contribution in [3.63, 3.8) is 0 Å². The van der Waals surface area contributed by atoms with Crippen molar-refractivity contribution >= 4 is 5.91 Å². The Morgan fingerprint density at radius 2 is 1.43 bits per heavy atom. The lowest BCUT2D eigenvalue weighted by molar-refractivity contribution is 0.0940. The highest BCUT2D eigenvalue weighted by Crippen LogP contribution is 2.39. The van der Waals surface area contributed by atoms with Crippen LogP contribution in [0.1, 0.15) is 71.7 Å². The molecular formula is C29H44N2O4. The van der Waals surface area contributed by atoms with Crippen LogP contribution < -0.4 is 19.5 Å². The third kappa shape index (κ3) is 9.81. The molecule has 6 heteroatoms. The second-order valence-electron chi connectivity index (χ2n) is 9.71. The molecule has 1 aliphatic heterocycles. The number of likely N-dealkylation sites (N-methyl/N-ethyl adjacent to an activating group) is 1. The van der Waals surface area contributed by atoms with E-state index in [4.69, 9.17) is 14.2 Å². The van der Waals surface area contributed by atoms with E-state index >= 15 is 0 Å². The van der Waals surface area contributed by atoms with E-state index in [1.165, 1.54) is 6.42 Å². The quantitative estimate of drug-likeness (QED) is 0.351. The Labute approximate surface area is 212 Å². The molecule has 1 atom stereocenters. The minimum atomic E-state index is -0.136. The Morgan fingerprint density at radius 1 is 0.914 bits per heavy atom. The molecule has 194 valence electrons. The van der Waals surface area contributed by atoms with Gasteiger partial charge in [-0.15, -0.1) is 0 Å². The maximum atomic E-state index is 13.2. The van der Waals surface area contributed by atoms with Crippen LogP contribution in [0.2, 0.25) is 0 Å². The van der Waals surface area contributed by atoms with Crippen molar-refractivity contribution in [1.29, 1.82) is 0 Å². The number of carbonyl (C=O) groups excluding carboxylic acids is 1. The summed E-state index contributed by atoms with van der Waals surface area (Å²) in [5, 5.41) is 3.12. The molecule has 6 nitrogen and oxygen atoms in total. The molecule has 1 aromatic rings. The fourth-order valence-electron chi connectivity index (χ4n) is 3.81. The van der Waals surface area contributed by atoms with Gasteiger partial charge in [-0.1, -0.05) is 23.6 Å². The fraction of sp³-hybridized carbons (Fsp3) is 0.552. The predicted molar refractivity (Wildman–Crippen MR) is 144 cm³/mol. The Balaban J connectivity index is 2.34. The van der Waals surface area contributed by atoms with Gasteiger partial charge < -0.3 is 19.5 Å². The number of hydrogen-bond acceptors (Lipinski definition) is 5. The highest BCUT2D eigenvalue weighted by Gasteiger charge is 2.24. The zero-order valence-electron chi connectivity index (χ0n) is 22.7. The first-order chi connectivity index (χ1) is 16.7. The number of ether oxygens (including phenoxy) is 3. The third-order valence-corrected chi connectivity index (χ3v) is 5.87. The molecule has 1 saturated heterocycles. The van der Waals surface area contributed by atoms with E-state index in [0.717, 1.165) is 36.2 Å². The molecule has 1 aromatic carbocycles. The summed E-state index contributed by atoms with van der Waals surface area (Å²) in [5.74, 6) is 1.38. The van der Waals surface area contributed by atoms with Crippen LogP contribution in [0.4, 0.5) is 0 Å². The summed E-state index contributed by atoms with van der Waals surface area (Å²) in [6.07, 6.45) is 8.28. The van der Waals surface area contributed by atoms with Crippen LogP contribution in [0.15, 0.2) is 47.1 Å². The van der Waals surface area contributed by atoms with Gasteiger partial charge in [-0.2, -0.15) is 0 Å². The van der Waals surface area contributed by atoms with Crippen molar-refractivity contribution < 1.29 is 19.0 Å². The maximum Gasteiger partial charge on any atom is 0.251 e. The zero-order chi connectivity index (χ0) is 25.8. The van der Waals surface area contributed by atoms with Crippen LogP contribution in [-0.2, 0) is 0 Å². The fourth-order valence-corrected chi connectivity index (χ4v) is 3.81. The molecule has 1 unspecified atom stereocenters. The summed E-state index contributed by atoms with van der Waals surface area (Å²) in [7, 11) is 0. The minimum Gasteiger partial charge on any atom is -0.485 e. The molecule has 0 aliphatic carbocycles. The maximum absolute atomic E-state index is 13.2. The van der Waals surface area contributed by atoms with Gasteiger partial charge in [0.15, 0.2) is 11.5 Å². The Hall–Kier alpha value is -2.73. The highest BCUT2D eigenvalue weighted by molar-refractivity contribution is 5.95. The van der Waals surface area contributed by atoms with Gasteiger partial charge in [-0.05, 0) is 97.8 Å². The number of allylic oxidation sites excluding steroid dienone is 3. The van der Waals surface area contributed by atoms with E-state index in [2.05, 4.69) is 17.1 Å². The van der Waals surface area contributed by atoms with Crippen LogP contribution in [0, 0.1) is 0 Å². The molecular weight excluding hydrogens is 440 g/mol. The molecule has 0 radical (unpaired) electrons. The topological polar surface area (TPSA) is 60.0 Å². The van der Waals surface area contributed by atoms with E-state index in [1.54, 1.807) is 12.1 Å². The molecule has 1 fully saturated rings. The lowest BCUT2D eigenvalue weighted by Crippen LogP contribution is -2.40. The summed E-state index contributed by atoms with van der Waals surface area (Å²) in [5.41, 5.74) is 3.97. The van der Waals surface area contributed by atoms with E-state index < -0.39 is 0 Å². The standard InChI is InChI=1S/C29H44N2O4/c1-8-31-14-9-10-25(31)20-30-29(32)24-18-26(33-15-11-21(2)3)28(35-17-13-23(6)7)27(19-24)34-16-12-22(4)5/h11-13,18-19,25H,8-10,14-17,20H2,1-7H3,(H,30,32). The normalized spacial score (nSPS) is 15.2. The van der Waals surface area contributed by atoms with E-state index in [-0.39, 0.29) is 5.91 Å². The molecule has 0 aromatic heterocycles. The van der Waals surface area contributed by atoms with Gasteiger partial charge in [-0.25, -0.2) is 0 Å². The first kappa shape index (κ1) is 28.5. The molecule has 0 spiro atoms. The van der Waals surface area contributed by atoms with Gasteiger partial charge >= 0.3 is 0 Å². The lowest BCUT2D eigenvalue weighted by Gasteiger charge is -2.23. The molecule has 0 saturated carbocycles. The number of likely N-dealkylation sites (tertiary alicyclic amines) is 1. The first-order valence-electron chi connectivity index (χ1n) is 12.7. The van der Waals surface area contributed by atoms with Crippen molar-refractivity contribution in [2.24, 2.45) is 0 Å². The number of carbonyl (C=O) groups is 1. The predicted octanol–water partition coefficient (Wildman–Crippen LogP) is 5.94. The third-order valence-electron chi connectivity index (χ3n) is 5.87. The van der Waals surface area contributed by atoms with Gasteiger partial charge in [-0.3, -0.25) is 9.69 Å². The van der Waals surface area contributed by atoms with Crippen LogP contribution in [-0.4, -0.2) is 56.3 Å². The lowest BCUT2D eigenvalue weighted by atomic mass is 10.1. The van der Waals surface area contributed by atoms with Gasteiger partial charge in [0.05, 0.1) is 0 Å². The number of nitrogens with one attached hydrogen (secondary N) is 1. The Bertz CT molecular complexity index is 878. The van der Waals surface area contributed by atoms with Crippen LogP contribution in [0.3, 0.4) is 0 Å². The Kier molecular flexibility index (Phi) is 11.9. The van der Waals surface area contributed by atoms with Crippen molar-refractivity contribution in [2.75, 3.05) is 39.5 Å². The first-order valence-corrected chi connectivity index (χ1v) is 12.7. The number of benzene rings is 1. The molecule has 35 heavy (non-hydrogen) atoms. The largest absolute Gasteiger partial charge is 0.485 e. The van der Waals surface area contributed by atoms with Gasteiger partial charge in [0, 0.05) is 18.2 Å². The molecule has 1 amide bonds. The monoisotopic (exact) mass is 484 g/mol. The Morgan fingerprint density at radius 3 is 1.91 bits per heavy atom. The number of hydrogen-bond donors (Lipinski definition) is 1. The van der Waals surface area contributed by atoms with E-state index in [1.807, 2.05) is 59.8 Å². The van der Waals surface area contributed by atoms with Gasteiger partial charge in [0.1, 0.15) is 19.8 Å². The van der Waals surface area contributed by atoms with E-state index in [9.17, 15) is 4.79 Å². The van der Waals surface area contributed by atoms with Crippen molar-refractivity contribution in [3.8, 4) is 17.2 Å². The molecule has 1 heterocycles. The highest BCUT2D eigenvalue weighted by atomic mass is 16.5. The number of rotatable bonds is 13. The SMILES string of the molecule is CCN1CCCC1CNC(=O)c1cc(OCC=C(C)C)c(OCC=C(C)C)c(OCC=C(C)C)c1. The summed E-state index contributed by atoms with van der Waals surface area (Å²) in [4.78, 5) is 15.6. The van der Waals surface area contributed by atoms with Crippen LogP contribution in [0.25, 0.3) is 0 Å². The second-order valence-corrected chi connectivity index (χ2v) is 9.71. The summed E-state index contributed by atoms with van der Waals surface area (Å²) in [6, 6.07) is 3.90. The summed E-state index contributed by atoms with van der Waals surface area (Å²) in [6.45, 7) is 18.2. The number of nitrogens with zero attached hydrogens (tertiary/aromatic N) is 1. The molecule has 1 N–H and O–H groups in total. The zero-order valence-corrected chi connectivity index (χ0v) is 22.7. The van der Waals surface area contributed by atoms with Crippen molar-refractivity contribution in [2.45, 2.75) is 67.3 Å². The summed E-state index contributed by atoms with van der Waals surface area (Å²) < 4.78 is 18.2. The van der Waals surface area contributed by atoms with Crippen molar-refractivity contribution in [3.05, 3.63) is 52.6 Å². The van der Waals surface area contributed by atoms with Crippen LogP contribution >= 0.6 is 0 Å². The smallest absolute Gasteiger partial charge is 0.251 e. The molecule has 0 bridgehead atoms. The average molecular weight is 485 g/mol. The molecule has 2 rings (SSSR count). The minimum absolute atomic E-state index is 0.136. The van der Waals surface area contributed by atoms with Gasteiger partial charge in [0.2, 0.25) is 5.75 Å². The van der Waals surface area contributed by atoms with Crippen LogP contribution in [0.5, 0.6) is 17.2 Å². The number of amides is 1. The second kappa shape index (κ2) is 14.6.